The summed E-state index contributed by atoms with van der Waals surface area (Å²) in [5.41, 5.74) is -0.801. The van der Waals surface area contributed by atoms with Gasteiger partial charge in [0.15, 0.2) is 0 Å². The Kier molecular flexibility index (Phi) is 11.6. The van der Waals surface area contributed by atoms with E-state index in [0.29, 0.717) is 6.54 Å². The summed E-state index contributed by atoms with van der Waals surface area (Å²) in [4.78, 5) is 43.0. The Balaban J connectivity index is 2.39. The highest BCUT2D eigenvalue weighted by atomic mass is 16.6. The number of hydrogen-bond donors (Lipinski definition) is 0. The van der Waals surface area contributed by atoms with Crippen molar-refractivity contribution in [3.05, 3.63) is 35.9 Å². The summed E-state index contributed by atoms with van der Waals surface area (Å²) in [6.07, 6.45) is 3.58. The lowest BCUT2D eigenvalue weighted by Crippen LogP contribution is -2.57. The average Bonchev–Trinajstić information content (AvgIpc) is 2.75. The normalized spacial score (nSPS) is 18.6. The quantitative estimate of drug-likeness (QED) is 0.295. The molecule has 0 radical (unpaired) electrons. The Morgan fingerprint density at radius 1 is 0.641 bits per heavy atom. The van der Waals surface area contributed by atoms with Gasteiger partial charge < -0.3 is 14.2 Å². The molecular formula is C31H50N2O6. The monoisotopic (exact) mass is 546 g/mol. The van der Waals surface area contributed by atoms with Gasteiger partial charge in [-0.05, 0) is 80.7 Å². The van der Waals surface area contributed by atoms with Gasteiger partial charge in [0.05, 0.1) is 19.6 Å². The zero-order chi connectivity index (χ0) is 29.4. The van der Waals surface area contributed by atoms with Gasteiger partial charge in [0.25, 0.3) is 0 Å². The number of carbonyl (C=O) groups excluding carboxylic acids is 3. The molecule has 39 heavy (non-hydrogen) atoms. The van der Waals surface area contributed by atoms with Crippen molar-refractivity contribution < 1.29 is 28.6 Å². The van der Waals surface area contributed by atoms with E-state index in [9.17, 15) is 14.4 Å². The second-order valence-corrected chi connectivity index (χ2v) is 13.5. The Hall–Kier alpha value is -2.45. The molecule has 0 aromatic heterocycles. The minimum absolute atomic E-state index is 0.0384. The van der Waals surface area contributed by atoms with Gasteiger partial charge in [-0.2, -0.15) is 0 Å². The van der Waals surface area contributed by atoms with Crippen LogP contribution in [0.5, 0.6) is 0 Å². The number of rotatable bonds is 10. The average molecular weight is 547 g/mol. The molecule has 1 aliphatic rings. The van der Waals surface area contributed by atoms with Crippen LogP contribution in [0, 0.1) is 0 Å². The summed E-state index contributed by atoms with van der Waals surface area (Å²) in [7, 11) is 0. The molecule has 0 heterocycles. The van der Waals surface area contributed by atoms with Gasteiger partial charge in [-0.3, -0.25) is 24.2 Å². The van der Waals surface area contributed by atoms with Gasteiger partial charge in [0, 0.05) is 18.6 Å². The van der Waals surface area contributed by atoms with Crippen LogP contribution in [-0.4, -0.2) is 76.2 Å². The van der Waals surface area contributed by atoms with E-state index >= 15 is 0 Å². The van der Waals surface area contributed by atoms with E-state index in [-0.39, 0.29) is 37.7 Å². The number of esters is 3. The fourth-order valence-corrected chi connectivity index (χ4v) is 4.96. The van der Waals surface area contributed by atoms with E-state index in [1.54, 1.807) is 0 Å². The first kappa shape index (κ1) is 32.8. The minimum atomic E-state index is -0.642. The summed E-state index contributed by atoms with van der Waals surface area (Å²) in [5.74, 6) is -1.08. The van der Waals surface area contributed by atoms with Crippen LogP contribution in [0.25, 0.3) is 0 Å². The number of nitrogens with zero attached hydrogens (tertiary/aromatic N) is 2. The van der Waals surface area contributed by atoms with E-state index in [0.717, 1.165) is 31.2 Å². The van der Waals surface area contributed by atoms with Gasteiger partial charge in [0.1, 0.15) is 16.8 Å². The van der Waals surface area contributed by atoms with Gasteiger partial charge in [-0.15, -0.1) is 0 Å². The van der Waals surface area contributed by atoms with Crippen molar-refractivity contribution in [3.63, 3.8) is 0 Å². The predicted octanol–water partition coefficient (Wildman–Crippen LogP) is 5.13. The topological polar surface area (TPSA) is 85.4 Å². The molecule has 0 amide bonds. The van der Waals surface area contributed by atoms with Gasteiger partial charge >= 0.3 is 17.9 Å². The van der Waals surface area contributed by atoms with E-state index in [2.05, 4.69) is 4.90 Å². The van der Waals surface area contributed by atoms with Crippen LogP contribution < -0.4 is 0 Å². The Labute approximate surface area is 235 Å². The molecule has 2 unspecified atom stereocenters. The molecule has 0 saturated heterocycles. The molecule has 1 aliphatic carbocycles. The maximum Gasteiger partial charge on any atom is 0.320 e. The van der Waals surface area contributed by atoms with E-state index in [1.165, 1.54) is 0 Å². The highest BCUT2D eigenvalue weighted by Crippen LogP contribution is 2.29. The third-order valence-electron chi connectivity index (χ3n) is 6.12. The zero-order valence-corrected chi connectivity index (χ0v) is 25.5. The SMILES string of the molecule is CC(C)(C)OC(=O)CN(CC(=O)OC(C)(C)C)C1CCCCC1N(CC(=O)OC(C)(C)C)Cc1ccccc1. The molecule has 0 aliphatic heterocycles. The summed E-state index contributed by atoms with van der Waals surface area (Å²) >= 11 is 0. The summed E-state index contributed by atoms with van der Waals surface area (Å²) in [6, 6.07) is 9.79. The fourth-order valence-electron chi connectivity index (χ4n) is 4.96. The van der Waals surface area contributed by atoms with Crippen molar-refractivity contribution in [3.8, 4) is 0 Å². The van der Waals surface area contributed by atoms with Crippen molar-refractivity contribution in [2.45, 2.75) is 123 Å². The highest BCUT2D eigenvalue weighted by Gasteiger charge is 2.38. The van der Waals surface area contributed by atoms with Crippen LogP contribution in [0.4, 0.5) is 0 Å². The zero-order valence-electron chi connectivity index (χ0n) is 25.5. The number of ether oxygens (including phenoxy) is 3. The summed E-state index contributed by atoms with van der Waals surface area (Å²) in [5, 5.41) is 0. The van der Waals surface area contributed by atoms with Crippen molar-refractivity contribution in [1.82, 2.24) is 9.80 Å². The minimum Gasteiger partial charge on any atom is -0.459 e. The fraction of sp³-hybridized carbons (Fsp3) is 0.710. The first-order valence-electron chi connectivity index (χ1n) is 14.1. The largest absolute Gasteiger partial charge is 0.459 e. The van der Waals surface area contributed by atoms with Gasteiger partial charge in [-0.1, -0.05) is 43.2 Å². The Bertz CT molecular complexity index is 913. The number of carbonyl (C=O) groups is 3. The molecule has 220 valence electrons. The third-order valence-corrected chi connectivity index (χ3v) is 6.12. The molecule has 1 saturated carbocycles. The van der Waals surface area contributed by atoms with Gasteiger partial charge in [-0.25, -0.2) is 0 Å². The molecular weight excluding hydrogens is 496 g/mol. The third kappa shape index (κ3) is 13.0. The summed E-state index contributed by atoms with van der Waals surface area (Å²) in [6.45, 7) is 17.1. The number of hydrogen-bond acceptors (Lipinski definition) is 8. The van der Waals surface area contributed by atoms with E-state index in [1.807, 2.05) is 97.5 Å². The van der Waals surface area contributed by atoms with E-state index < -0.39 is 28.7 Å². The second-order valence-electron chi connectivity index (χ2n) is 13.5. The molecule has 8 heteroatoms. The smallest absolute Gasteiger partial charge is 0.320 e. The van der Waals surface area contributed by atoms with Crippen LogP contribution in [0.1, 0.15) is 93.6 Å². The lowest BCUT2D eigenvalue weighted by atomic mass is 9.87. The van der Waals surface area contributed by atoms with Crippen LogP contribution >= 0.6 is 0 Å². The molecule has 0 N–H and O–H groups in total. The van der Waals surface area contributed by atoms with Crippen LogP contribution in [0.3, 0.4) is 0 Å². The molecule has 0 spiro atoms. The van der Waals surface area contributed by atoms with Crippen molar-refractivity contribution >= 4 is 17.9 Å². The molecule has 1 fully saturated rings. The molecule has 1 aromatic carbocycles. The predicted molar refractivity (Wildman–Crippen MR) is 152 cm³/mol. The maximum atomic E-state index is 13.0. The molecule has 0 bridgehead atoms. The molecule has 2 atom stereocenters. The van der Waals surface area contributed by atoms with Gasteiger partial charge in [0.2, 0.25) is 0 Å². The van der Waals surface area contributed by atoms with Crippen LogP contribution in [-0.2, 0) is 35.1 Å². The molecule has 8 nitrogen and oxygen atoms in total. The second kappa shape index (κ2) is 13.8. The van der Waals surface area contributed by atoms with Crippen LogP contribution in [0.15, 0.2) is 30.3 Å². The highest BCUT2D eigenvalue weighted by molar-refractivity contribution is 5.75. The van der Waals surface area contributed by atoms with Crippen molar-refractivity contribution in [2.75, 3.05) is 19.6 Å². The maximum absolute atomic E-state index is 13.0. The lowest BCUT2D eigenvalue weighted by Gasteiger charge is -2.44. The lowest BCUT2D eigenvalue weighted by molar-refractivity contribution is -0.164. The standard InChI is InChI=1S/C31H50N2O6/c1-29(2,3)37-26(34)20-32(19-23-15-11-10-12-16-23)24-17-13-14-18-25(24)33(21-27(35)38-30(4,5)6)22-28(36)39-31(7,8)9/h10-12,15-16,24-25H,13-14,17-22H2,1-9H3. The summed E-state index contributed by atoms with van der Waals surface area (Å²) < 4.78 is 17.0. The van der Waals surface area contributed by atoms with Crippen molar-refractivity contribution in [2.24, 2.45) is 0 Å². The van der Waals surface area contributed by atoms with Crippen LogP contribution in [0.2, 0.25) is 0 Å². The molecule has 1 aromatic rings. The Morgan fingerprint density at radius 3 is 1.38 bits per heavy atom. The Morgan fingerprint density at radius 2 is 1.00 bits per heavy atom. The number of benzene rings is 1. The molecule has 2 rings (SSSR count). The first-order chi connectivity index (χ1) is 17.9. The first-order valence-corrected chi connectivity index (χ1v) is 14.1. The van der Waals surface area contributed by atoms with E-state index in [4.69, 9.17) is 14.2 Å². The van der Waals surface area contributed by atoms with Crippen molar-refractivity contribution in [1.29, 1.82) is 0 Å².